The monoisotopic (exact) mass is 398 g/mol. The molecule has 26 heavy (non-hydrogen) atoms. The Balaban J connectivity index is 1.75. The van der Waals surface area contributed by atoms with Gasteiger partial charge in [-0.05, 0) is 68.9 Å². The third kappa shape index (κ3) is 6.40. The minimum atomic E-state index is -0.853. The van der Waals surface area contributed by atoms with Crippen LogP contribution >= 0.6 is 22.9 Å². The van der Waals surface area contributed by atoms with Crippen molar-refractivity contribution in [3.05, 3.63) is 34.5 Å². The summed E-state index contributed by atoms with van der Waals surface area (Å²) in [6, 6.07) is 3.59. The Morgan fingerprint density at radius 1 is 1.19 bits per heavy atom. The lowest BCUT2D eigenvalue weighted by molar-refractivity contribution is 0.0702. The van der Waals surface area contributed by atoms with E-state index in [9.17, 15) is 9.90 Å². The summed E-state index contributed by atoms with van der Waals surface area (Å²) < 4.78 is 0. The maximum absolute atomic E-state index is 11.0. The van der Waals surface area contributed by atoms with Crippen LogP contribution in [0, 0.1) is 11.8 Å². The molecule has 0 saturated heterocycles. The summed E-state index contributed by atoms with van der Waals surface area (Å²) in [7, 11) is 0. The van der Waals surface area contributed by atoms with E-state index in [1.807, 2.05) is 12.1 Å². The summed E-state index contributed by atoms with van der Waals surface area (Å²) in [4.78, 5) is 12.5. The van der Waals surface area contributed by atoms with Crippen LogP contribution in [0.4, 0.5) is 0 Å². The molecule has 0 radical (unpaired) electrons. The van der Waals surface area contributed by atoms with Gasteiger partial charge in [0.25, 0.3) is 0 Å². The number of carboxylic acid groups (broad SMARTS) is 1. The van der Waals surface area contributed by atoms with Crippen LogP contribution in [-0.4, -0.2) is 27.7 Å². The van der Waals surface area contributed by atoms with Crippen molar-refractivity contribution >= 4 is 28.9 Å². The fraction of sp³-hybridized carbons (Fsp3) is 0.667. The highest BCUT2D eigenvalue weighted by molar-refractivity contribution is 7.13. The molecule has 146 valence electrons. The summed E-state index contributed by atoms with van der Waals surface area (Å²) in [5.74, 6) is -0.164. The molecule has 1 aromatic heterocycles. The summed E-state index contributed by atoms with van der Waals surface area (Å²) in [6.07, 6.45) is 12.3. The number of alkyl halides is 1. The van der Waals surface area contributed by atoms with Gasteiger partial charge in [0.2, 0.25) is 0 Å². The number of hydrogen-bond acceptors (Lipinski definition) is 3. The van der Waals surface area contributed by atoms with Crippen molar-refractivity contribution in [3.8, 4) is 0 Å². The van der Waals surface area contributed by atoms with Crippen molar-refractivity contribution in [1.82, 2.24) is 0 Å². The second-order valence-electron chi connectivity index (χ2n) is 7.39. The van der Waals surface area contributed by atoms with Crippen molar-refractivity contribution in [2.45, 2.75) is 75.7 Å². The number of aryl methyl sites for hydroxylation is 1. The highest BCUT2D eigenvalue weighted by Gasteiger charge is 2.40. The molecule has 1 aliphatic rings. The van der Waals surface area contributed by atoms with Crippen LogP contribution in [0.3, 0.4) is 0 Å². The number of aliphatic hydroxyl groups excluding tert-OH is 1. The fourth-order valence-electron chi connectivity index (χ4n) is 4.10. The van der Waals surface area contributed by atoms with Crippen molar-refractivity contribution in [1.29, 1.82) is 0 Å². The Bertz CT molecular complexity index is 571. The number of carboxylic acids is 1. The van der Waals surface area contributed by atoms with Gasteiger partial charge in [0.1, 0.15) is 4.88 Å². The number of hydrogen-bond donors (Lipinski definition) is 2. The van der Waals surface area contributed by atoms with E-state index in [0.29, 0.717) is 23.1 Å². The summed E-state index contributed by atoms with van der Waals surface area (Å²) >= 11 is 7.89. The lowest BCUT2D eigenvalue weighted by Crippen LogP contribution is -2.21. The molecule has 2 rings (SSSR count). The van der Waals surface area contributed by atoms with Crippen LogP contribution in [-0.2, 0) is 6.42 Å². The molecule has 2 N–H and O–H groups in total. The third-order valence-electron chi connectivity index (χ3n) is 5.50. The van der Waals surface area contributed by atoms with Gasteiger partial charge in [-0.15, -0.1) is 29.5 Å². The number of halogens is 1. The molecule has 1 fully saturated rings. The molecule has 0 aliphatic heterocycles. The van der Waals surface area contributed by atoms with Gasteiger partial charge in [-0.3, -0.25) is 0 Å². The van der Waals surface area contributed by atoms with Crippen LogP contribution in [0.1, 0.15) is 72.3 Å². The molecule has 1 aromatic rings. The number of aliphatic hydroxyl groups is 1. The van der Waals surface area contributed by atoms with E-state index >= 15 is 0 Å². The first kappa shape index (κ1) is 21.5. The number of thiophene rings is 1. The third-order valence-corrected chi connectivity index (χ3v) is 7.14. The molecule has 3 nitrogen and oxygen atoms in total. The van der Waals surface area contributed by atoms with Gasteiger partial charge in [-0.2, -0.15) is 0 Å². The predicted molar refractivity (Wildman–Crippen MR) is 109 cm³/mol. The molecular formula is C21H31ClO3S. The van der Waals surface area contributed by atoms with Crippen LogP contribution in [0.2, 0.25) is 0 Å². The number of carbonyl (C=O) groups is 1. The van der Waals surface area contributed by atoms with Crippen molar-refractivity contribution < 1.29 is 15.0 Å². The zero-order valence-corrected chi connectivity index (χ0v) is 17.0. The quantitative estimate of drug-likeness (QED) is 0.262. The summed E-state index contributed by atoms with van der Waals surface area (Å²) in [6.45, 7) is 3.75. The zero-order chi connectivity index (χ0) is 18.9. The standard InChI is InChI=1S/C21H31ClO3S/c1-2-3-4-5-6-7-10-17-16(18(22)14-19(17)23)11-8-9-15-12-13-20(26-15)21(24)25/h2,12-13,16-19,23H,1,3-11,14H2,(H,24,25)/t16-,17-,18+,19-/m1/s1. The SMILES string of the molecule is C=CCCCCCC[C@@H]1[C@@H](CCCc2ccc(C(=O)O)s2)[C@@H](Cl)C[C@H]1O. The summed E-state index contributed by atoms with van der Waals surface area (Å²) in [5, 5.41) is 19.5. The van der Waals surface area contributed by atoms with Crippen LogP contribution in [0.25, 0.3) is 0 Å². The molecule has 1 heterocycles. The zero-order valence-electron chi connectivity index (χ0n) is 15.4. The average molecular weight is 399 g/mol. The van der Waals surface area contributed by atoms with Crippen LogP contribution in [0.5, 0.6) is 0 Å². The molecule has 1 saturated carbocycles. The molecule has 0 bridgehead atoms. The number of aromatic carboxylic acids is 1. The Kier molecular flexibility index (Phi) is 9.17. The first-order chi connectivity index (χ1) is 12.5. The average Bonchev–Trinajstić information content (AvgIpc) is 3.17. The lowest BCUT2D eigenvalue weighted by atomic mass is 9.86. The van der Waals surface area contributed by atoms with E-state index < -0.39 is 5.97 Å². The van der Waals surface area contributed by atoms with Gasteiger partial charge in [0.15, 0.2) is 0 Å². The van der Waals surface area contributed by atoms with Gasteiger partial charge in [0, 0.05) is 10.3 Å². The lowest BCUT2D eigenvalue weighted by Gasteiger charge is -2.23. The maximum Gasteiger partial charge on any atom is 0.345 e. The van der Waals surface area contributed by atoms with Crippen molar-refractivity contribution in [2.75, 3.05) is 0 Å². The molecule has 4 atom stereocenters. The second kappa shape index (κ2) is 11.1. The fourth-order valence-corrected chi connectivity index (χ4v) is 5.48. The molecule has 1 aliphatic carbocycles. The van der Waals surface area contributed by atoms with E-state index in [1.165, 1.54) is 30.6 Å². The van der Waals surface area contributed by atoms with Gasteiger partial charge in [0.05, 0.1) is 6.10 Å². The van der Waals surface area contributed by atoms with Crippen LogP contribution < -0.4 is 0 Å². The first-order valence-corrected chi connectivity index (χ1v) is 11.0. The Labute approximate surface area is 166 Å². The number of unbranched alkanes of at least 4 members (excludes halogenated alkanes) is 4. The Morgan fingerprint density at radius 3 is 2.62 bits per heavy atom. The maximum atomic E-state index is 11.0. The number of rotatable bonds is 12. The van der Waals surface area contributed by atoms with Gasteiger partial charge >= 0.3 is 5.97 Å². The minimum Gasteiger partial charge on any atom is -0.477 e. The van der Waals surface area contributed by atoms with E-state index in [2.05, 4.69) is 6.58 Å². The van der Waals surface area contributed by atoms with E-state index in [0.717, 1.165) is 43.4 Å². The van der Waals surface area contributed by atoms with E-state index in [4.69, 9.17) is 16.7 Å². The first-order valence-electron chi connectivity index (χ1n) is 9.78. The van der Waals surface area contributed by atoms with Crippen LogP contribution in [0.15, 0.2) is 24.8 Å². The van der Waals surface area contributed by atoms with Gasteiger partial charge in [-0.25, -0.2) is 4.79 Å². The smallest absolute Gasteiger partial charge is 0.345 e. The summed E-state index contributed by atoms with van der Waals surface area (Å²) in [5.41, 5.74) is 0. The second-order valence-corrected chi connectivity index (χ2v) is 9.12. The van der Waals surface area contributed by atoms with E-state index in [1.54, 1.807) is 6.07 Å². The molecular weight excluding hydrogens is 368 g/mol. The molecule has 0 spiro atoms. The largest absolute Gasteiger partial charge is 0.477 e. The molecule has 0 amide bonds. The minimum absolute atomic E-state index is 0.0636. The predicted octanol–water partition coefficient (Wildman–Crippen LogP) is 5.90. The van der Waals surface area contributed by atoms with Gasteiger partial charge in [-0.1, -0.05) is 25.3 Å². The topological polar surface area (TPSA) is 57.5 Å². The van der Waals surface area contributed by atoms with Crippen molar-refractivity contribution in [2.24, 2.45) is 11.8 Å². The number of allylic oxidation sites excluding steroid dienone is 1. The highest BCUT2D eigenvalue weighted by Crippen LogP contribution is 2.42. The molecule has 5 heteroatoms. The van der Waals surface area contributed by atoms with E-state index in [-0.39, 0.29) is 11.5 Å². The Hall–Kier alpha value is -0.840. The van der Waals surface area contributed by atoms with Gasteiger partial charge < -0.3 is 10.2 Å². The Morgan fingerprint density at radius 2 is 1.92 bits per heavy atom. The molecule has 0 aromatic carbocycles. The molecule has 0 unspecified atom stereocenters. The van der Waals surface area contributed by atoms with Crippen molar-refractivity contribution in [3.63, 3.8) is 0 Å². The highest BCUT2D eigenvalue weighted by atomic mass is 35.5. The normalized spacial score (nSPS) is 25.5.